The summed E-state index contributed by atoms with van der Waals surface area (Å²) < 4.78 is 12.5. The zero-order valence-corrected chi connectivity index (χ0v) is 16.5. The highest BCUT2D eigenvalue weighted by molar-refractivity contribution is 6.04. The van der Waals surface area contributed by atoms with Crippen molar-refractivity contribution >= 4 is 17.4 Å². The summed E-state index contributed by atoms with van der Waals surface area (Å²) in [6.07, 6.45) is 1.48. The molecule has 148 valence electrons. The Labute approximate surface area is 167 Å². The van der Waals surface area contributed by atoms with E-state index in [0.717, 1.165) is 17.1 Å². The molecule has 8 heteroatoms. The van der Waals surface area contributed by atoms with Gasteiger partial charge >= 0.3 is 0 Å². The number of aryl methyl sites for hydroxylation is 2. The molecule has 3 heterocycles. The lowest BCUT2D eigenvalue weighted by Gasteiger charge is -2.20. The topological polar surface area (TPSA) is 85.8 Å². The molecule has 0 aliphatic rings. The van der Waals surface area contributed by atoms with E-state index in [0.29, 0.717) is 23.9 Å². The van der Waals surface area contributed by atoms with Gasteiger partial charge in [-0.15, -0.1) is 5.10 Å². The Morgan fingerprint density at radius 2 is 1.97 bits per heavy atom. The molecule has 4 aromatic rings. The molecule has 0 spiro atoms. The van der Waals surface area contributed by atoms with E-state index in [1.807, 2.05) is 51.1 Å². The number of nitrogens with zero attached hydrogens (tertiary/aromatic N) is 5. The SMILES string of the molecule is CCOc1ccc(N(Cc2nc3nc(C)cc(C)n3n2)C(=O)c2ccco2)cc1. The standard InChI is InChI=1S/C21H21N5O3/c1-4-28-17-9-7-16(8-10-17)25(20(27)18-6-5-11-29-18)13-19-23-21-22-14(2)12-15(3)26(21)24-19/h5-12H,4,13H2,1-3H3. The number of hydrogen-bond donors (Lipinski definition) is 0. The summed E-state index contributed by atoms with van der Waals surface area (Å²) in [5.41, 5.74) is 2.48. The van der Waals surface area contributed by atoms with E-state index < -0.39 is 0 Å². The number of hydrogen-bond acceptors (Lipinski definition) is 6. The second-order valence-corrected chi connectivity index (χ2v) is 6.57. The maximum atomic E-state index is 13.1. The fraction of sp³-hybridized carbons (Fsp3) is 0.238. The minimum absolute atomic E-state index is 0.176. The molecule has 0 aliphatic heterocycles. The summed E-state index contributed by atoms with van der Waals surface area (Å²) in [6, 6.07) is 12.6. The number of ether oxygens (including phenoxy) is 1. The molecule has 0 saturated heterocycles. The van der Waals surface area contributed by atoms with Crippen LogP contribution in [0.3, 0.4) is 0 Å². The summed E-state index contributed by atoms with van der Waals surface area (Å²) >= 11 is 0. The first-order valence-electron chi connectivity index (χ1n) is 9.33. The van der Waals surface area contributed by atoms with Crippen LogP contribution in [0.5, 0.6) is 5.75 Å². The minimum atomic E-state index is -0.279. The van der Waals surface area contributed by atoms with Crippen LogP contribution >= 0.6 is 0 Å². The maximum absolute atomic E-state index is 13.1. The van der Waals surface area contributed by atoms with Crippen molar-refractivity contribution in [1.82, 2.24) is 19.6 Å². The molecule has 1 aromatic carbocycles. The normalized spacial score (nSPS) is 11.0. The zero-order chi connectivity index (χ0) is 20.4. The summed E-state index contributed by atoms with van der Waals surface area (Å²) in [4.78, 5) is 23.6. The second kappa shape index (κ2) is 7.75. The van der Waals surface area contributed by atoms with Crippen LogP contribution < -0.4 is 9.64 Å². The molecule has 0 saturated carbocycles. The van der Waals surface area contributed by atoms with Gasteiger partial charge in [0.15, 0.2) is 11.6 Å². The minimum Gasteiger partial charge on any atom is -0.494 e. The highest BCUT2D eigenvalue weighted by Gasteiger charge is 2.23. The van der Waals surface area contributed by atoms with E-state index in [1.165, 1.54) is 6.26 Å². The first-order chi connectivity index (χ1) is 14.0. The summed E-state index contributed by atoms with van der Waals surface area (Å²) in [7, 11) is 0. The lowest BCUT2D eigenvalue weighted by Crippen LogP contribution is -2.30. The number of aromatic nitrogens is 4. The van der Waals surface area contributed by atoms with E-state index in [9.17, 15) is 4.79 Å². The second-order valence-electron chi connectivity index (χ2n) is 6.57. The quantitative estimate of drug-likeness (QED) is 0.499. The predicted octanol–water partition coefficient (Wildman–Crippen LogP) is 3.58. The van der Waals surface area contributed by atoms with Crippen LogP contribution in [0.2, 0.25) is 0 Å². The van der Waals surface area contributed by atoms with E-state index in [2.05, 4.69) is 15.1 Å². The van der Waals surface area contributed by atoms with Gasteiger partial charge in [-0.25, -0.2) is 9.50 Å². The summed E-state index contributed by atoms with van der Waals surface area (Å²) in [5.74, 6) is 1.70. The summed E-state index contributed by atoms with van der Waals surface area (Å²) in [6.45, 7) is 6.53. The van der Waals surface area contributed by atoms with Gasteiger partial charge < -0.3 is 9.15 Å². The van der Waals surface area contributed by atoms with Gasteiger partial charge in [-0.3, -0.25) is 9.69 Å². The Hall–Kier alpha value is -3.68. The van der Waals surface area contributed by atoms with Crippen LogP contribution in [0, 0.1) is 13.8 Å². The van der Waals surface area contributed by atoms with Crippen LogP contribution in [0.25, 0.3) is 5.78 Å². The van der Waals surface area contributed by atoms with Crippen LogP contribution in [0.1, 0.15) is 34.7 Å². The monoisotopic (exact) mass is 391 g/mol. The van der Waals surface area contributed by atoms with Crippen molar-refractivity contribution in [1.29, 1.82) is 0 Å². The van der Waals surface area contributed by atoms with Gasteiger partial charge in [-0.1, -0.05) is 0 Å². The van der Waals surface area contributed by atoms with E-state index in [4.69, 9.17) is 9.15 Å². The van der Waals surface area contributed by atoms with Gasteiger partial charge in [0.1, 0.15) is 5.75 Å². The van der Waals surface area contributed by atoms with Crippen molar-refractivity contribution < 1.29 is 13.9 Å². The molecule has 0 unspecified atom stereocenters. The first kappa shape index (κ1) is 18.7. The van der Waals surface area contributed by atoms with E-state index >= 15 is 0 Å². The Morgan fingerprint density at radius 3 is 2.66 bits per heavy atom. The highest BCUT2D eigenvalue weighted by atomic mass is 16.5. The molecule has 0 aliphatic carbocycles. The van der Waals surface area contributed by atoms with E-state index in [-0.39, 0.29) is 18.2 Å². The first-order valence-corrected chi connectivity index (χ1v) is 9.33. The largest absolute Gasteiger partial charge is 0.494 e. The number of anilines is 1. The molecule has 1 amide bonds. The smallest absolute Gasteiger partial charge is 0.294 e. The third-order valence-electron chi connectivity index (χ3n) is 4.40. The molecule has 0 atom stereocenters. The zero-order valence-electron chi connectivity index (χ0n) is 16.5. The van der Waals surface area contributed by atoms with Crippen molar-refractivity contribution in [3.63, 3.8) is 0 Å². The van der Waals surface area contributed by atoms with Crippen LogP contribution in [-0.2, 0) is 6.54 Å². The Morgan fingerprint density at radius 1 is 1.17 bits per heavy atom. The van der Waals surface area contributed by atoms with Crippen LogP contribution in [-0.4, -0.2) is 32.1 Å². The molecular formula is C21H21N5O3. The van der Waals surface area contributed by atoms with Crippen LogP contribution in [0.4, 0.5) is 5.69 Å². The Bertz CT molecular complexity index is 1130. The molecular weight excluding hydrogens is 370 g/mol. The number of benzene rings is 1. The number of fused-ring (bicyclic) bond motifs is 1. The fourth-order valence-electron chi connectivity index (χ4n) is 3.12. The van der Waals surface area contributed by atoms with Gasteiger partial charge in [0.2, 0.25) is 0 Å². The molecule has 0 fully saturated rings. The van der Waals surface area contributed by atoms with E-state index in [1.54, 1.807) is 21.5 Å². The molecule has 0 N–H and O–H groups in total. The number of rotatable bonds is 6. The third kappa shape index (κ3) is 3.82. The predicted molar refractivity (Wildman–Crippen MR) is 107 cm³/mol. The van der Waals surface area contributed by atoms with Gasteiger partial charge in [0.05, 0.1) is 19.4 Å². The third-order valence-corrected chi connectivity index (χ3v) is 4.40. The van der Waals surface area contributed by atoms with Gasteiger partial charge in [0.25, 0.3) is 11.7 Å². The molecule has 3 aromatic heterocycles. The lowest BCUT2D eigenvalue weighted by molar-refractivity contribution is 0.0957. The Balaban J connectivity index is 1.70. The number of furan rings is 1. The van der Waals surface area contributed by atoms with Gasteiger partial charge in [-0.2, -0.15) is 4.98 Å². The van der Waals surface area contributed by atoms with Crippen LogP contribution in [0.15, 0.2) is 53.1 Å². The maximum Gasteiger partial charge on any atom is 0.294 e. The number of carbonyl (C=O) groups excluding carboxylic acids is 1. The van der Waals surface area contributed by atoms with Crippen molar-refractivity contribution in [3.05, 3.63) is 71.7 Å². The molecule has 0 radical (unpaired) electrons. The van der Waals surface area contributed by atoms with Crippen molar-refractivity contribution in [2.75, 3.05) is 11.5 Å². The Kier molecular flexibility index (Phi) is 4.99. The molecule has 29 heavy (non-hydrogen) atoms. The molecule has 8 nitrogen and oxygen atoms in total. The van der Waals surface area contributed by atoms with Gasteiger partial charge in [0, 0.05) is 17.1 Å². The molecule has 0 bridgehead atoms. The number of amides is 1. The van der Waals surface area contributed by atoms with Crippen molar-refractivity contribution in [2.45, 2.75) is 27.3 Å². The highest BCUT2D eigenvalue weighted by Crippen LogP contribution is 2.23. The fourth-order valence-corrected chi connectivity index (χ4v) is 3.12. The number of carbonyl (C=O) groups is 1. The van der Waals surface area contributed by atoms with Crippen molar-refractivity contribution in [2.24, 2.45) is 0 Å². The van der Waals surface area contributed by atoms with Crippen molar-refractivity contribution in [3.8, 4) is 5.75 Å². The average molecular weight is 391 g/mol. The van der Waals surface area contributed by atoms with Gasteiger partial charge in [-0.05, 0) is 63.2 Å². The summed E-state index contributed by atoms with van der Waals surface area (Å²) in [5, 5.41) is 4.52. The average Bonchev–Trinajstić information content (AvgIpc) is 3.36. The molecule has 4 rings (SSSR count). The lowest BCUT2D eigenvalue weighted by atomic mass is 10.2.